The Kier molecular flexibility index (Phi) is 4.13. The molecule has 0 heterocycles. The van der Waals surface area contributed by atoms with Gasteiger partial charge in [0.1, 0.15) is 0 Å². The largest absolute Gasteiger partial charge is 0.502 e. The van der Waals surface area contributed by atoms with Gasteiger partial charge in [-0.15, -0.1) is 0 Å². The molecule has 0 saturated carbocycles. The lowest BCUT2D eigenvalue weighted by molar-refractivity contribution is -0.135. The number of rotatable bonds is 5. The van der Waals surface area contributed by atoms with Crippen molar-refractivity contribution in [2.24, 2.45) is 0 Å². The third-order valence-corrected chi connectivity index (χ3v) is 2.92. The lowest BCUT2D eigenvalue weighted by Crippen LogP contribution is -2.09. The first-order chi connectivity index (χ1) is 9.97. The summed E-state index contributed by atoms with van der Waals surface area (Å²) in [5.74, 6) is -3.87. The summed E-state index contributed by atoms with van der Waals surface area (Å²) in [7, 11) is 0. The molecule has 0 amide bonds. The zero-order valence-corrected chi connectivity index (χ0v) is 10.9. The minimum Gasteiger partial charge on any atom is -0.502 e. The van der Waals surface area contributed by atoms with E-state index in [-0.39, 0.29) is 0 Å². The fourth-order valence-corrected chi connectivity index (χ4v) is 1.89. The molecule has 0 bridgehead atoms. The van der Waals surface area contributed by atoms with Gasteiger partial charge in [0.15, 0.2) is 11.6 Å². The third-order valence-electron chi connectivity index (χ3n) is 2.92. The van der Waals surface area contributed by atoms with E-state index in [0.717, 1.165) is 10.8 Å². The van der Waals surface area contributed by atoms with E-state index in [4.69, 9.17) is 10.2 Å². The molecule has 0 spiro atoms. The SMILES string of the molecule is O=C(/C=C(\O)C(=O)O)CC(=O)c1ccc2ccccc2c1. The minimum absolute atomic E-state index is 0.366. The number of carbonyl (C=O) groups is 3. The first-order valence-electron chi connectivity index (χ1n) is 6.16. The smallest absolute Gasteiger partial charge is 0.371 e. The number of benzene rings is 2. The van der Waals surface area contributed by atoms with Gasteiger partial charge in [-0.05, 0) is 16.8 Å². The van der Waals surface area contributed by atoms with E-state index in [9.17, 15) is 14.4 Å². The molecule has 0 aliphatic rings. The summed E-state index contributed by atoms with van der Waals surface area (Å²) in [5, 5.41) is 19.2. The van der Waals surface area contributed by atoms with Gasteiger partial charge in [0.05, 0.1) is 6.42 Å². The molecule has 5 heteroatoms. The molecule has 21 heavy (non-hydrogen) atoms. The van der Waals surface area contributed by atoms with Crippen LogP contribution in [0.4, 0.5) is 0 Å². The Morgan fingerprint density at radius 1 is 0.952 bits per heavy atom. The van der Waals surface area contributed by atoms with Crippen LogP contribution in [-0.4, -0.2) is 27.7 Å². The molecule has 0 aliphatic heterocycles. The van der Waals surface area contributed by atoms with Crippen molar-refractivity contribution in [2.45, 2.75) is 6.42 Å². The Balaban J connectivity index is 2.17. The Bertz CT molecular complexity index is 758. The molecule has 2 rings (SSSR count). The lowest BCUT2D eigenvalue weighted by atomic mass is 10.0. The second-order valence-electron chi connectivity index (χ2n) is 4.46. The van der Waals surface area contributed by atoms with Crippen LogP contribution in [0.5, 0.6) is 0 Å². The molecule has 0 unspecified atom stereocenters. The number of fused-ring (bicyclic) bond motifs is 1. The predicted molar refractivity (Wildman–Crippen MR) is 76.3 cm³/mol. The van der Waals surface area contributed by atoms with E-state index in [1.165, 1.54) is 0 Å². The van der Waals surface area contributed by atoms with E-state index >= 15 is 0 Å². The van der Waals surface area contributed by atoms with Gasteiger partial charge in [-0.2, -0.15) is 0 Å². The number of allylic oxidation sites excluding steroid dienone is 1. The highest BCUT2D eigenvalue weighted by Crippen LogP contribution is 2.16. The fourth-order valence-electron chi connectivity index (χ4n) is 1.89. The topological polar surface area (TPSA) is 91.7 Å². The highest BCUT2D eigenvalue weighted by molar-refractivity contribution is 6.13. The second kappa shape index (κ2) is 6.00. The van der Waals surface area contributed by atoms with Crippen LogP contribution in [-0.2, 0) is 9.59 Å². The zero-order valence-electron chi connectivity index (χ0n) is 10.9. The average molecular weight is 284 g/mol. The average Bonchev–Trinajstić information content (AvgIpc) is 2.46. The van der Waals surface area contributed by atoms with Crippen molar-refractivity contribution in [3.05, 3.63) is 59.9 Å². The molecule has 5 nitrogen and oxygen atoms in total. The maximum atomic E-state index is 12.0. The van der Waals surface area contributed by atoms with Crippen molar-refractivity contribution in [2.75, 3.05) is 0 Å². The summed E-state index contributed by atoms with van der Waals surface area (Å²) < 4.78 is 0. The van der Waals surface area contributed by atoms with Crippen molar-refractivity contribution in [1.82, 2.24) is 0 Å². The third kappa shape index (κ3) is 3.54. The normalized spacial score (nSPS) is 11.3. The molecule has 0 aliphatic carbocycles. The maximum Gasteiger partial charge on any atom is 0.371 e. The number of ketones is 2. The molecule has 2 N–H and O–H groups in total. The Morgan fingerprint density at radius 3 is 2.29 bits per heavy atom. The number of Topliss-reactive ketones (excluding diaryl/α,β-unsaturated/α-hetero) is 1. The monoisotopic (exact) mass is 284 g/mol. The van der Waals surface area contributed by atoms with Gasteiger partial charge in [-0.3, -0.25) is 9.59 Å². The number of carboxylic acids is 1. The molecular formula is C16H12O5. The summed E-state index contributed by atoms with van der Waals surface area (Å²) in [4.78, 5) is 33.8. The van der Waals surface area contributed by atoms with E-state index in [0.29, 0.717) is 11.6 Å². The molecule has 0 fully saturated rings. The summed E-state index contributed by atoms with van der Waals surface area (Å²) in [6.45, 7) is 0. The molecule has 0 aromatic heterocycles. The second-order valence-corrected chi connectivity index (χ2v) is 4.46. The first-order valence-corrected chi connectivity index (χ1v) is 6.16. The molecule has 2 aromatic carbocycles. The van der Waals surface area contributed by atoms with Gasteiger partial charge in [0.2, 0.25) is 5.76 Å². The lowest BCUT2D eigenvalue weighted by Gasteiger charge is -2.02. The standard InChI is InChI=1S/C16H12O5/c17-13(9-15(19)16(20)21)8-14(18)12-6-5-10-3-1-2-4-11(10)7-12/h1-7,9,19H,8H2,(H,20,21)/b15-9-. The molecule has 106 valence electrons. The number of carbonyl (C=O) groups excluding carboxylic acids is 2. The van der Waals surface area contributed by atoms with Crippen LogP contribution in [0.3, 0.4) is 0 Å². The number of aliphatic carboxylic acids is 1. The van der Waals surface area contributed by atoms with Crippen LogP contribution < -0.4 is 0 Å². The van der Waals surface area contributed by atoms with Crippen LogP contribution in [0.1, 0.15) is 16.8 Å². The minimum atomic E-state index is -1.61. The Morgan fingerprint density at radius 2 is 1.62 bits per heavy atom. The van der Waals surface area contributed by atoms with Gasteiger partial charge >= 0.3 is 5.97 Å². The molecule has 0 radical (unpaired) electrons. The number of aliphatic hydroxyl groups excluding tert-OH is 1. The van der Waals surface area contributed by atoms with Crippen molar-refractivity contribution in [3.8, 4) is 0 Å². The van der Waals surface area contributed by atoms with Crippen LogP contribution in [0, 0.1) is 0 Å². The van der Waals surface area contributed by atoms with Crippen molar-refractivity contribution >= 4 is 28.3 Å². The number of carboxylic acid groups (broad SMARTS) is 1. The molecule has 2 aromatic rings. The van der Waals surface area contributed by atoms with Crippen LogP contribution in [0.25, 0.3) is 10.8 Å². The van der Waals surface area contributed by atoms with Gasteiger partial charge < -0.3 is 10.2 Å². The van der Waals surface area contributed by atoms with E-state index < -0.39 is 29.7 Å². The van der Waals surface area contributed by atoms with Crippen molar-refractivity contribution in [1.29, 1.82) is 0 Å². The Hall–Kier alpha value is -2.95. The highest BCUT2D eigenvalue weighted by Gasteiger charge is 2.13. The molecule has 0 atom stereocenters. The van der Waals surface area contributed by atoms with Gasteiger partial charge in [-0.25, -0.2) is 4.79 Å². The number of hydrogen-bond donors (Lipinski definition) is 2. The van der Waals surface area contributed by atoms with Gasteiger partial charge in [0, 0.05) is 11.6 Å². The quantitative estimate of drug-likeness (QED) is 0.381. The summed E-state index contributed by atoms with van der Waals surface area (Å²) in [6, 6.07) is 12.5. The number of hydrogen-bond acceptors (Lipinski definition) is 4. The van der Waals surface area contributed by atoms with Gasteiger partial charge in [0.25, 0.3) is 0 Å². The van der Waals surface area contributed by atoms with E-state index in [1.54, 1.807) is 18.2 Å². The first kappa shape index (κ1) is 14.5. The van der Waals surface area contributed by atoms with Crippen LogP contribution >= 0.6 is 0 Å². The van der Waals surface area contributed by atoms with Crippen LogP contribution in [0.15, 0.2) is 54.3 Å². The van der Waals surface area contributed by atoms with E-state index in [2.05, 4.69) is 0 Å². The van der Waals surface area contributed by atoms with Gasteiger partial charge in [-0.1, -0.05) is 36.4 Å². The highest BCUT2D eigenvalue weighted by atomic mass is 16.4. The van der Waals surface area contributed by atoms with Crippen molar-refractivity contribution in [3.63, 3.8) is 0 Å². The van der Waals surface area contributed by atoms with E-state index in [1.807, 2.05) is 24.3 Å². The number of aliphatic hydroxyl groups is 1. The molecular weight excluding hydrogens is 272 g/mol. The summed E-state index contributed by atoms with van der Waals surface area (Å²) >= 11 is 0. The van der Waals surface area contributed by atoms with Crippen LogP contribution in [0.2, 0.25) is 0 Å². The van der Waals surface area contributed by atoms with Crippen molar-refractivity contribution < 1.29 is 24.6 Å². The Labute approximate surface area is 120 Å². The zero-order chi connectivity index (χ0) is 15.4. The maximum absolute atomic E-state index is 12.0. The fraction of sp³-hybridized carbons (Fsp3) is 0.0625. The summed E-state index contributed by atoms with van der Waals surface area (Å²) in [6.07, 6.45) is 0.0525. The molecule has 0 saturated heterocycles. The summed E-state index contributed by atoms with van der Waals surface area (Å²) in [5.41, 5.74) is 0.366. The predicted octanol–water partition coefficient (Wildman–Crippen LogP) is 2.51.